The normalized spacial score (nSPS) is 10.4. The van der Waals surface area contributed by atoms with Gasteiger partial charge in [0.15, 0.2) is 5.78 Å². The number of hydrogen-bond donors (Lipinski definition) is 0. The zero-order valence-corrected chi connectivity index (χ0v) is 16.5. The van der Waals surface area contributed by atoms with Crippen molar-refractivity contribution in [2.24, 2.45) is 0 Å². The molecule has 0 unspecified atom stereocenters. The number of nitrogens with zero attached hydrogens (tertiary/aromatic N) is 1. The second kappa shape index (κ2) is 9.76. The summed E-state index contributed by atoms with van der Waals surface area (Å²) in [6.07, 6.45) is 1.32. The largest absolute Gasteiger partial charge is 0.497 e. The number of amides is 1. The molecule has 27 heavy (non-hydrogen) atoms. The number of ether oxygens (including phenoxy) is 2. The third-order valence-electron chi connectivity index (χ3n) is 4.58. The first-order valence-corrected chi connectivity index (χ1v) is 9.05. The van der Waals surface area contributed by atoms with Gasteiger partial charge >= 0.3 is 0 Å². The third-order valence-corrected chi connectivity index (χ3v) is 4.58. The summed E-state index contributed by atoms with van der Waals surface area (Å²) in [5.74, 6) is 1.28. The van der Waals surface area contributed by atoms with Crippen LogP contribution in [0.15, 0.2) is 42.5 Å². The van der Waals surface area contributed by atoms with Gasteiger partial charge in [0.05, 0.1) is 14.2 Å². The molecule has 0 N–H and O–H groups in total. The lowest BCUT2D eigenvalue weighted by Gasteiger charge is -2.19. The molecular formula is C22H27NO4. The van der Waals surface area contributed by atoms with Crippen molar-refractivity contribution in [3.8, 4) is 11.5 Å². The maximum Gasteiger partial charge on any atom is 0.223 e. The van der Waals surface area contributed by atoms with Gasteiger partial charge in [0.1, 0.15) is 11.5 Å². The lowest BCUT2D eigenvalue weighted by Crippen LogP contribution is -2.26. The van der Waals surface area contributed by atoms with Gasteiger partial charge in [0, 0.05) is 43.6 Å². The Morgan fingerprint density at radius 1 is 0.963 bits per heavy atom. The molecule has 0 saturated carbocycles. The molecule has 0 bridgehead atoms. The summed E-state index contributed by atoms with van der Waals surface area (Å²) in [7, 11) is 4.91. The molecule has 2 aromatic carbocycles. The summed E-state index contributed by atoms with van der Waals surface area (Å²) in [4.78, 5) is 26.3. The van der Waals surface area contributed by atoms with Crippen molar-refractivity contribution in [2.45, 2.75) is 32.7 Å². The molecule has 0 aliphatic heterocycles. The van der Waals surface area contributed by atoms with Crippen molar-refractivity contribution in [1.29, 1.82) is 0 Å². The number of ketones is 1. The van der Waals surface area contributed by atoms with Crippen LogP contribution in [0.25, 0.3) is 0 Å². The van der Waals surface area contributed by atoms with Crippen molar-refractivity contribution in [3.05, 3.63) is 59.2 Å². The standard InChI is InChI=1S/C22H27NO4/c1-5-16-6-8-17(9-7-16)20(24)12-13-22(25)23(2)15-18-10-11-19(26-3)14-21(18)27-4/h6-11,14H,5,12-13,15H2,1-4H3. The van der Waals surface area contributed by atoms with E-state index in [1.807, 2.05) is 36.4 Å². The molecule has 2 rings (SSSR count). The van der Waals surface area contributed by atoms with Crippen LogP contribution in [0, 0.1) is 0 Å². The average molecular weight is 369 g/mol. The number of carbonyl (C=O) groups is 2. The van der Waals surface area contributed by atoms with E-state index in [1.54, 1.807) is 32.2 Å². The number of rotatable bonds is 9. The van der Waals surface area contributed by atoms with E-state index in [-0.39, 0.29) is 24.5 Å². The molecule has 144 valence electrons. The Morgan fingerprint density at radius 2 is 1.67 bits per heavy atom. The summed E-state index contributed by atoms with van der Waals surface area (Å²) in [6.45, 7) is 2.48. The smallest absolute Gasteiger partial charge is 0.223 e. The number of hydrogen-bond acceptors (Lipinski definition) is 4. The minimum absolute atomic E-state index is 0.0126. The number of methoxy groups -OCH3 is 2. The highest BCUT2D eigenvalue weighted by Gasteiger charge is 2.15. The first kappa shape index (κ1) is 20.5. The zero-order valence-electron chi connectivity index (χ0n) is 16.5. The molecule has 0 heterocycles. The van der Waals surface area contributed by atoms with Gasteiger partial charge in [0.2, 0.25) is 5.91 Å². The molecular weight excluding hydrogens is 342 g/mol. The van der Waals surface area contributed by atoms with Crippen LogP contribution < -0.4 is 9.47 Å². The second-order valence-corrected chi connectivity index (χ2v) is 6.40. The van der Waals surface area contributed by atoms with Crippen LogP contribution in [0.1, 0.15) is 41.3 Å². The second-order valence-electron chi connectivity index (χ2n) is 6.40. The molecule has 0 fully saturated rings. The van der Waals surface area contributed by atoms with E-state index in [2.05, 4.69) is 6.92 Å². The number of Topliss-reactive ketones (excluding diaryl/α,β-unsaturated/α-hetero) is 1. The van der Waals surface area contributed by atoms with Gasteiger partial charge in [-0.3, -0.25) is 9.59 Å². The monoisotopic (exact) mass is 369 g/mol. The van der Waals surface area contributed by atoms with Crippen molar-refractivity contribution >= 4 is 11.7 Å². The summed E-state index contributed by atoms with van der Waals surface area (Å²) < 4.78 is 10.6. The van der Waals surface area contributed by atoms with E-state index >= 15 is 0 Å². The maximum atomic E-state index is 12.4. The highest BCUT2D eigenvalue weighted by atomic mass is 16.5. The van der Waals surface area contributed by atoms with Crippen LogP contribution in [0.3, 0.4) is 0 Å². The van der Waals surface area contributed by atoms with Gasteiger partial charge in [0.25, 0.3) is 0 Å². The van der Waals surface area contributed by atoms with Gasteiger partial charge in [-0.1, -0.05) is 31.2 Å². The molecule has 0 saturated heterocycles. The summed E-state index contributed by atoms with van der Waals surface area (Å²) >= 11 is 0. The molecule has 0 radical (unpaired) electrons. The molecule has 0 aliphatic carbocycles. The fraction of sp³-hybridized carbons (Fsp3) is 0.364. The van der Waals surface area contributed by atoms with Crippen LogP contribution in [0.2, 0.25) is 0 Å². The van der Waals surface area contributed by atoms with E-state index in [0.717, 1.165) is 12.0 Å². The molecule has 5 heteroatoms. The Kier molecular flexibility index (Phi) is 7.41. The fourth-order valence-electron chi connectivity index (χ4n) is 2.81. The van der Waals surface area contributed by atoms with Crippen LogP contribution >= 0.6 is 0 Å². The van der Waals surface area contributed by atoms with Crippen molar-refractivity contribution in [2.75, 3.05) is 21.3 Å². The van der Waals surface area contributed by atoms with Crippen LogP contribution in [0.5, 0.6) is 11.5 Å². The molecule has 1 amide bonds. The van der Waals surface area contributed by atoms with E-state index in [1.165, 1.54) is 5.56 Å². The summed E-state index contributed by atoms with van der Waals surface area (Å²) in [5.41, 5.74) is 2.73. The highest BCUT2D eigenvalue weighted by Crippen LogP contribution is 2.25. The minimum atomic E-state index is -0.0774. The highest BCUT2D eigenvalue weighted by molar-refractivity contribution is 5.97. The van der Waals surface area contributed by atoms with Crippen LogP contribution in [-0.4, -0.2) is 37.9 Å². The minimum Gasteiger partial charge on any atom is -0.497 e. The first-order valence-electron chi connectivity index (χ1n) is 9.05. The van der Waals surface area contributed by atoms with Gasteiger partial charge < -0.3 is 14.4 Å². The molecule has 0 spiro atoms. The molecule has 0 atom stereocenters. The number of carbonyl (C=O) groups excluding carboxylic acids is 2. The third kappa shape index (κ3) is 5.58. The number of benzene rings is 2. The SMILES string of the molecule is CCc1ccc(C(=O)CCC(=O)N(C)Cc2ccc(OC)cc2OC)cc1. The summed E-state index contributed by atoms with van der Waals surface area (Å²) in [6, 6.07) is 13.1. The number of aryl methyl sites for hydroxylation is 1. The van der Waals surface area contributed by atoms with Crippen molar-refractivity contribution in [1.82, 2.24) is 4.90 Å². The lowest BCUT2D eigenvalue weighted by molar-refractivity contribution is -0.130. The van der Waals surface area contributed by atoms with E-state index in [0.29, 0.717) is 23.6 Å². The van der Waals surface area contributed by atoms with Gasteiger partial charge in [-0.2, -0.15) is 0 Å². The van der Waals surface area contributed by atoms with Crippen LogP contribution in [-0.2, 0) is 17.8 Å². The first-order chi connectivity index (χ1) is 13.0. The van der Waals surface area contributed by atoms with Crippen LogP contribution in [0.4, 0.5) is 0 Å². The van der Waals surface area contributed by atoms with Crippen molar-refractivity contribution in [3.63, 3.8) is 0 Å². The fourth-order valence-corrected chi connectivity index (χ4v) is 2.81. The van der Waals surface area contributed by atoms with E-state index in [4.69, 9.17) is 9.47 Å². The van der Waals surface area contributed by atoms with E-state index in [9.17, 15) is 9.59 Å². The van der Waals surface area contributed by atoms with Gasteiger partial charge in [-0.05, 0) is 24.1 Å². The predicted molar refractivity (Wildman–Crippen MR) is 105 cm³/mol. The molecule has 0 aliphatic rings. The summed E-state index contributed by atoms with van der Waals surface area (Å²) in [5, 5.41) is 0. The lowest BCUT2D eigenvalue weighted by atomic mass is 10.0. The van der Waals surface area contributed by atoms with Gasteiger partial charge in [-0.25, -0.2) is 0 Å². The van der Waals surface area contributed by atoms with Gasteiger partial charge in [-0.15, -0.1) is 0 Å². The quantitative estimate of drug-likeness (QED) is 0.629. The molecule has 0 aromatic heterocycles. The maximum absolute atomic E-state index is 12.4. The topological polar surface area (TPSA) is 55.8 Å². The van der Waals surface area contributed by atoms with E-state index < -0.39 is 0 Å². The Hall–Kier alpha value is -2.82. The Morgan fingerprint density at radius 3 is 2.26 bits per heavy atom. The van der Waals surface area contributed by atoms with Crippen molar-refractivity contribution < 1.29 is 19.1 Å². The Balaban J connectivity index is 1.92. The Bertz CT molecular complexity index is 783. The Labute approximate surface area is 160 Å². The average Bonchev–Trinajstić information content (AvgIpc) is 2.71. The molecule has 5 nitrogen and oxygen atoms in total. The predicted octanol–water partition coefficient (Wildman–Crippen LogP) is 3.89. The molecule has 2 aromatic rings. The zero-order chi connectivity index (χ0) is 19.8.